The lowest BCUT2D eigenvalue weighted by molar-refractivity contribution is -0.571. The highest BCUT2D eigenvalue weighted by Gasteiger charge is 2.40. The summed E-state index contributed by atoms with van der Waals surface area (Å²) in [5, 5.41) is 6.88. The van der Waals surface area contributed by atoms with Gasteiger partial charge in [-0.2, -0.15) is 0 Å². The van der Waals surface area contributed by atoms with Gasteiger partial charge in [-0.25, -0.2) is 4.98 Å². The van der Waals surface area contributed by atoms with Crippen LogP contribution in [0.1, 0.15) is 104 Å². The van der Waals surface area contributed by atoms with Crippen molar-refractivity contribution in [1.82, 2.24) is 18.7 Å². The fourth-order valence-electron chi connectivity index (χ4n) is 15.8. The number of furan rings is 1. The minimum atomic E-state index is -0.242. The van der Waals surface area contributed by atoms with Crippen molar-refractivity contribution < 1.29 is 13.7 Å². The zero-order valence-corrected chi connectivity index (χ0v) is 55.5. The number of nitrogens with zero attached hydrogens (tertiary/aromatic N) is 5. The Labute approximate surface area is 553 Å². The second-order valence-corrected chi connectivity index (χ2v) is 30.0. The normalized spacial score (nSPS) is 14.3. The molecule has 0 N–H and O–H groups in total. The van der Waals surface area contributed by atoms with Crippen molar-refractivity contribution in [3.63, 3.8) is 0 Å². The first kappa shape index (κ1) is 56.9. The summed E-state index contributed by atoms with van der Waals surface area (Å²) in [7, 11) is 0. The van der Waals surface area contributed by atoms with Crippen molar-refractivity contribution in [2.75, 3.05) is 0 Å². The minimum absolute atomic E-state index is 0.0493. The first-order valence-corrected chi connectivity index (χ1v) is 33.5. The maximum Gasteiger partial charge on any atom is 0.269 e. The highest BCUT2D eigenvalue weighted by Crippen LogP contribution is 2.54. The Balaban J connectivity index is 0.944. The Morgan fingerprint density at radius 1 is 0.432 bits per heavy atom. The van der Waals surface area contributed by atoms with Gasteiger partial charge in [0.25, 0.3) is 6.33 Å². The Morgan fingerprint density at radius 3 is 1.71 bits per heavy atom. The van der Waals surface area contributed by atoms with E-state index in [0.717, 1.165) is 135 Å². The Bertz CT molecular complexity index is 5870. The van der Waals surface area contributed by atoms with Gasteiger partial charge in [-0.05, 0) is 198 Å². The molecule has 0 unspecified atom stereocenters. The van der Waals surface area contributed by atoms with Crippen LogP contribution in [-0.2, 0) is 21.7 Å². The van der Waals surface area contributed by atoms with E-state index in [0.29, 0.717) is 5.75 Å². The van der Waals surface area contributed by atoms with Crippen LogP contribution in [0.2, 0.25) is 0 Å². The number of aromatic nitrogens is 5. The number of pyridine rings is 1. The number of rotatable bonds is 6. The fraction of sp³-hybridized carbons (Fsp3) is 0.182. The van der Waals surface area contributed by atoms with Gasteiger partial charge in [0.1, 0.15) is 28.5 Å². The third-order valence-corrected chi connectivity index (χ3v) is 21.1. The standard InChI is InChI=1S/C88H73N5O2/c1-85(2,3)55-38-41-89-82(47-55)93-76-32-19-15-28-64(76)65-36-35-59(49-77(65)93)94-58-23-21-22-57(48-58)90-52-91-83-70(43-54(44-78(83)90)53-34-37-81-69(42-53)66-29-16-20-33-80(66)95-81)61-25-12-11-24-60(61)67-50-72-73(88(9,10)40-39-87(72,7)8)51-68(67)71-45-56(86(4,5)6)46-79(84(71)91)92-74-30-17-13-26-62(74)63-27-14-18-31-75(63)92/h11-38,41-51H,39-40H2,1-10H3. The van der Waals surface area contributed by atoms with Gasteiger partial charge in [0, 0.05) is 44.6 Å². The quantitative estimate of drug-likeness (QED) is 0.123. The van der Waals surface area contributed by atoms with E-state index in [2.05, 4.69) is 318 Å². The molecule has 462 valence electrons. The molecule has 18 rings (SSSR count). The summed E-state index contributed by atoms with van der Waals surface area (Å²) in [4.78, 5) is 5.00. The lowest BCUT2D eigenvalue weighted by atomic mass is 9.62. The van der Waals surface area contributed by atoms with Crippen LogP contribution < -0.4 is 9.30 Å². The van der Waals surface area contributed by atoms with Crippen LogP contribution in [-0.4, -0.2) is 18.7 Å². The van der Waals surface area contributed by atoms with Crippen molar-refractivity contribution in [2.45, 2.75) is 104 Å². The van der Waals surface area contributed by atoms with Gasteiger partial charge in [0.15, 0.2) is 0 Å². The lowest BCUT2D eigenvalue weighted by Crippen LogP contribution is -2.34. The summed E-state index contributed by atoms with van der Waals surface area (Å²) >= 11 is 0. The number of benzene rings is 11. The zero-order valence-electron chi connectivity index (χ0n) is 55.5. The smallest absolute Gasteiger partial charge is 0.269 e. The third-order valence-electron chi connectivity index (χ3n) is 21.1. The number of hydrogen-bond acceptors (Lipinski definition) is 3. The Hall–Kier alpha value is -10.8. The fourth-order valence-corrected chi connectivity index (χ4v) is 15.8. The molecule has 2 aliphatic rings. The summed E-state index contributed by atoms with van der Waals surface area (Å²) in [6, 6.07) is 85.1. The predicted molar refractivity (Wildman–Crippen MR) is 392 cm³/mol. The molecular formula is C88H73N5O2. The molecule has 0 amide bonds. The Kier molecular flexibility index (Phi) is 12.2. The van der Waals surface area contributed by atoms with Crippen molar-refractivity contribution >= 4 is 76.6 Å². The maximum absolute atomic E-state index is 7.15. The third kappa shape index (κ3) is 8.84. The van der Waals surface area contributed by atoms with Crippen LogP contribution in [0, 0.1) is 6.33 Å². The van der Waals surface area contributed by atoms with E-state index in [4.69, 9.17) is 14.1 Å². The zero-order chi connectivity index (χ0) is 64.6. The van der Waals surface area contributed by atoms with E-state index in [1.807, 2.05) is 12.3 Å². The van der Waals surface area contributed by atoms with E-state index in [1.165, 1.54) is 49.7 Å². The first-order valence-electron chi connectivity index (χ1n) is 33.5. The lowest BCUT2D eigenvalue weighted by Gasteiger charge is -2.42. The second kappa shape index (κ2) is 20.4. The second-order valence-electron chi connectivity index (χ2n) is 30.0. The van der Waals surface area contributed by atoms with E-state index < -0.39 is 0 Å². The van der Waals surface area contributed by atoms with Crippen LogP contribution in [0.15, 0.2) is 241 Å². The summed E-state index contributed by atoms with van der Waals surface area (Å²) < 4.78 is 23.2. The van der Waals surface area contributed by atoms with Gasteiger partial charge in [0.2, 0.25) is 0 Å². The van der Waals surface area contributed by atoms with Crippen molar-refractivity contribution in [2.24, 2.45) is 0 Å². The molecule has 0 atom stereocenters. The van der Waals surface area contributed by atoms with Crippen LogP contribution in [0.4, 0.5) is 0 Å². The van der Waals surface area contributed by atoms with Crippen LogP contribution in [0.5, 0.6) is 11.5 Å². The number of fused-ring (bicyclic) bond motifs is 17. The number of imidazole rings is 1. The van der Waals surface area contributed by atoms with Gasteiger partial charge in [-0.3, -0.25) is 13.7 Å². The van der Waals surface area contributed by atoms with E-state index in [-0.39, 0.29) is 21.7 Å². The molecule has 7 nitrogen and oxygen atoms in total. The summed E-state index contributed by atoms with van der Waals surface area (Å²) in [5.41, 5.74) is 25.3. The molecule has 7 heteroatoms. The highest BCUT2D eigenvalue weighted by atomic mass is 16.5. The maximum atomic E-state index is 7.15. The molecule has 6 heterocycles. The molecule has 5 aromatic heterocycles. The molecule has 1 aliphatic carbocycles. The molecule has 95 heavy (non-hydrogen) atoms. The van der Waals surface area contributed by atoms with Crippen LogP contribution in [0.25, 0.3) is 144 Å². The average Bonchev–Trinajstić information content (AvgIpc) is 1.58. The van der Waals surface area contributed by atoms with Gasteiger partial charge < -0.3 is 13.7 Å². The molecule has 16 aromatic rings. The molecule has 0 saturated heterocycles. The van der Waals surface area contributed by atoms with Gasteiger partial charge in [-0.15, -0.1) is 0 Å². The van der Waals surface area contributed by atoms with Crippen molar-refractivity contribution in [3.8, 4) is 78.9 Å². The van der Waals surface area contributed by atoms with Gasteiger partial charge >= 0.3 is 0 Å². The average molecular weight is 1230 g/mol. The summed E-state index contributed by atoms with van der Waals surface area (Å²) in [6.45, 7) is 23.7. The largest absolute Gasteiger partial charge is 0.458 e. The van der Waals surface area contributed by atoms with Gasteiger partial charge in [-0.1, -0.05) is 197 Å². The van der Waals surface area contributed by atoms with Crippen LogP contribution in [0.3, 0.4) is 0 Å². The monoisotopic (exact) mass is 1230 g/mol. The molecule has 0 spiro atoms. The topological polar surface area (TPSA) is 53.9 Å². The molecular weight excluding hydrogens is 1160 g/mol. The predicted octanol–water partition coefficient (Wildman–Crippen LogP) is 22.9. The number of ether oxygens (including phenoxy) is 1. The minimum Gasteiger partial charge on any atom is -0.458 e. The molecule has 11 aromatic carbocycles. The molecule has 0 bridgehead atoms. The van der Waals surface area contributed by atoms with E-state index in [9.17, 15) is 0 Å². The molecule has 0 saturated carbocycles. The van der Waals surface area contributed by atoms with Gasteiger partial charge in [0.05, 0.1) is 50.2 Å². The highest BCUT2D eigenvalue weighted by molar-refractivity contribution is 6.12. The van der Waals surface area contributed by atoms with E-state index in [1.54, 1.807) is 0 Å². The SMILES string of the molecule is CC(C)(C)c1ccnc(-n2c3ccccc3c3ccc(Oc4cccc(-n5[c-][n+]6c7c(cc(-c8ccc9oc%10ccccc%10c9c8)cc75)-c5ccccc5-c5cc7c(cc5-c5cc(C(C)(C)C)cc(-n8c9ccccc9c9ccccc98)c5-6)C(C)(C)CCC7(C)C)c4)cc32)c1. The first-order chi connectivity index (χ1) is 45.8. The summed E-state index contributed by atoms with van der Waals surface area (Å²) in [5.74, 6) is 2.29. The summed E-state index contributed by atoms with van der Waals surface area (Å²) in [6.07, 6.45) is 8.38. The molecule has 0 radical (unpaired) electrons. The molecule has 0 fully saturated rings. The Morgan fingerprint density at radius 2 is 1.02 bits per heavy atom. The van der Waals surface area contributed by atoms with Crippen molar-refractivity contribution in [1.29, 1.82) is 0 Å². The van der Waals surface area contributed by atoms with Crippen LogP contribution >= 0.6 is 0 Å². The molecule has 1 aliphatic heterocycles. The van der Waals surface area contributed by atoms with Crippen molar-refractivity contribution in [3.05, 3.63) is 265 Å². The van der Waals surface area contributed by atoms with E-state index >= 15 is 0 Å². The number of para-hydroxylation sites is 4. The number of hydrogen-bond donors (Lipinski definition) is 0.